The van der Waals surface area contributed by atoms with Gasteiger partial charge in [0.2, 0.25) is 0 Å². The number of rotatable bonds is 5. The molecule has 1 aliphatic heterocycles. The van der Waals surface area contributed by atoms with Gasteiger partial charge >= 0.3 is 0 Å². The van der Waals surface area contributed by atoms with Gasteiger partial charge in [0.1, 0.15) is 11.5 Å². The van der Waals surface area contributed by atoms with E-state index in [0.29, 0.717) is 17.7 Å². The van der Waals surface area contributed by atoms with Gasteiger partial charge in [0.25, 0.3) is 0 Å². The number of Topliss-reactive ketones (excluding diaryl/α,β-unsaturated/α-hetero) is 2. The molecule has 2 atom stereocenters. The quantitative estimate of drug-likeness (QED) is 0.462. The molecule has 0 bridgehead atoms. The van der Waals surface area contributed by atoms with Gasteiger partial charge in [-0.2, -0.15) is 0 Å². The first-order chi connectivity index (χ1) is 15.1. The Morgan fingerprint density at radius 2 is 1.78 bits per heavy atom. The SMILES string of the molecule is COc1ccc(S(=O)(=O)C2CCCC(=O)C2C(=O)c2ccc3c(c2Cl)CCS3(=O)=O)cc1. The van der Waals surface area contributed by atoms with E-state index in [2.05, 4.69) is 0 Å². The number of methoxy groups -OCH3 is 1. The molecule has 2 unspecified atom stereocenters. The minimum Gasteiger partial charge on any atom is -0.497 e. The highest BCUT2D eigenvalue weighted by Crippen LogP contribution is 2.38. The number of hydrogen-bond donors (Lipinski definition) is 0. The van der Waals surface area contributed by atoms with Crippen molar-refractivity contribution >= 4 is 42.8 Å². The van der Waals surface area contributed by atoms with Crippen molar-refractivity contribution in [3.63, 3.8) is 0 Å². The van der Waals surface area contributed by atoms with Crippen LogP contribution in [0.25, 0.3) is 0 Å². The number of carbonyl (C=O) groups excluding carboxylic acids is 2. The Bertz CT molecular complexity index is 1310. The minimum atomic E-state index is -4.00. The molecule has 10 heteroatoms. The molecule has 170 valence electrons. The Morgan fingerprint density at radius 3 is 2.44 bits per heavy atom. The molecule has 0 aromatic heterocycles. The summed E-state index contributed by atoms with van der Waals surface area (Å²) >= 11 is 6.40. The molecule has 0 radical (unpaired) electrons. The van der Waals surface area contributed by atoms with Gasteiger partial charge in [0, 0.05) is 12.0 Å². The largest absolute Gasteiger partial charge is 0.497 e. The molecule has 0 amide bonds. The molecule has 0 spiro atoms. The van der Waals surface area contributed by atoms with Gasteiger partial charge in [-0.15, -0.1) is 0 Å². The maximum atomic E-state index is 13.4. The van der Waals surface area contributed by atoms with Gasteiger partial charge < -0.3 is 4.74 Å². The molecule has 2 aromatic carbocycles. The van der Waals surface area contributed by atoms with Crippen LogP contribution in [-0.4, -0.2) is 46.5 Å². The molecule has 1 aliphatic carbocycles. The van der Waals surface area contributed by atoms with Crippen molar-refractivity contribution in [3.8, 4) is 5.75 Å². The number of benzene rings is 2. The second-order valence-electron chi connectivity index (χ2n) is 7.93. The number of carbonyl (C=O) groups is 2. The molecule has 1 fully saturated rings. The van der Waals surface area contributed by atoms with E-state index >= 15 is 0 Å². The third kappa shape index (κ3) is 3.76. The monoisotopic (exact) mass is 496 g/mol. The molecule has 1 saturated carbocycles. The van der Waals surface area contributed by atoms with Crippen molar-refractivity contribution in [2.24, 2.45) is 5.92 Å². The molecular weight excluding hydrogens is 476 g/mol. The molecular formula is C22H21ClO7S2. The van der Waals surface area contributed by atoms with Crippen molar-refractivity contribution in [1.82, 2.24) is 0 Å². The molecule has 4 rings (SSSR count). The molecule has 2 aliphatic rings. The summed E-state index contributed by atoms with van der Waals surface area (Å²) in [6.07, 6.45) is 0.790. The molecule has 2 aromatic rings. The Balaban J connectivity index is 1.75. The Labute approximate surface area is 191 Å². The Morgan fingerprint density at radius 1 is 1.09 bits per heavy atom. The van der Waals surface area contributed by atoms with Crippen molar-refractivity contribution in [1.29, 1.82) is 0 Å². The number of ketones is 2. The van der Waals surface area contributed by atoms with Crippen LogP contribution in [0.15, 0.2) is 46.2 Å². The zero-order valence-electron chi connectivity index (χ0n) is 17.2. The second-order valence-corrected chi connectivity index (χ2v) is 12.6. The topological polar surface area (TPSA) is 112 Å². The van der Waals surface area contributed by atoms with Gasteiger partial charge in [-0.3, -0.25) is 9.59 Å². The van der Waals surface area contributed by atoms with E-state index in [1.165, 1.54) is 43.5 Å². The van der Waals surface area contributed by atoms with Crippen molar-refractivity contribution in [3.05, 3.63) is 52.5 Å². The average Bonchev–Trinajstić information content (AvgIpc) is 3.08. The highest BCUT2D eigenvalue weighted by molar-refractivity contribution is 7.92. The summed E-state index contributed by atoms with van der Waals surface area (Å²) in [5, 5.41) is -1.25. The lowest BCUT2D eigenvalue weighted by molar-refractivity contribution is -0.122. The van der Waals surface area contributed by atoms with Crippen molar-refractivity contribution < 1.29 is 31.2 Å². The van der Waals surface area contributed by atoms with Crippen LogP contribution in [0, 0.1) is 5.92 Å². The Kier molecular flexibility index (Phi) is 5.94. The van der Waals surface area contributed by atoms with E-state index in [9.17, 15) is 26.4 Å². The lowest BCUT2D eigenvalue weighted by Gasteiger charge is -2.29. The Hall–Kier alpha value is -2.23. The number of halogens is 1. The summed E-state index contributed by atoms with van der Waals surface area (Å²) in [6.45, 7) is 0. The van der Waals surface area contributed by atoms with Crippen LogP contribution in [0.5, 0.6) is 5.75 Å². The normalized spacial score (nSPS) is 22.4. The van der Waals surface area contributed by atoms with Crippen LogP contribution < -0.4 is 4.74 Å². The number of sulfone groups is 2. The zero-order chi connectivity index (χ0) is 23.3. The first-order valence-electron chi connectivity index (χ1n) is 10.1. The van der Waals surface area contributed by atoms with Crippen molar-refractivity contribution in [2.45, 2.75) is 40.7 Å². The van der Waals surface area contributed by atoms with E-state index in [1.807, 2.05) is 0 Å². The highest BCUT2D eigenvalue weighted by Gasteiger charge is 2.46. The highest BCUT2D eigenvalue weighted by atomic mass is 35.5. The van der Waals surface area contributed by atoms with E-state index in [1.54, 1.807) is 0 Å². The standard InChI is InChI=1S/C22H21ClO7S2/c1-30-13-5-7-14(8-6-13)32(28,29)19-4-2-3-17(24)20(19)22(25)16-9-10-18-15(21(16)23)11-12-31(18,26)27/h5-10,19-20H,2-4,11-12H2,1H3. The average molecular weight is 497 g/mol. The predicted molar refractivity (Wildman–Crippen MR) is 118 cm³/mol. The van der Waals surface area contributed by atoms with Crippen molar-refractivity contribution in [2.75, 3.05) is 12.9 Å². The third-order valence-electron chi connectivity index (χ3n) is 6.12. The smallest absolute Gasteiger partial charge is 0.182 e. The minimum absolute atomic E-state index is 0.00180. The molecule has 7 nitrogen and oxygen atoms in total. The third-order valence-corrected chi connectivity index (χ3v) is 10.6. The fourth-order valence-electron chi connectivity index (χ4n) is 4.43. The summed E-state index contributed by atoms with van der Waals surface area (Å²) in [4.78, 5) is 26.3. The van der Waals surface area contributed by atoms with Crippen LogP contribution in [0.2, 0.25) is 5.02 Å². The van der Waals surface area contributed by atoms with Gasteiger partial charge in [0.15, 0.2) is 25.5 Å². The van der Waals surface area contributed by atoms with Crippen LogP contribution in [0.4, 0.5) is 0 Å². The maximum Gasteiger partial charge on any atom is 0.182 e. The maximum absolute atomic E-state index is 13.4. The molecule has 32 heavy (non-hydrogen) atoms. The summed E-state index contributed by atoms with van der Waals surface area (Å²) in [5.74, 6) is -2.15. The summed E-state index contributed by atoms with van der Waals surface area (Å²) in [6, 6.07) is 8.39. The summed E-state index contributed by atoms with van der Waals surface area (Å²) < 4.78 is 56.1. The first kappa shape index (κ1) is 22.9. The predicted octanol–water partition coefficient (Wildman–Crippen LogP) is 3.07. The summed E-state index contributed by atoms with van der Waals surface area (Å²) in [5.41, 5.74) is 0.327. The van der Waals surface area contributed by atoms with Gasteiger partial charge in [-0.25, -0.2) is 16.8 Å². The van der Waals surface area contributed by atoms with Gasteiger partial charge in [-0.05, 0) is 61.2 Å². The van der Waals surface area contributed by atoms with Crippen LogP contribution >= 0.6 is 11.6 Å². The van der Waals surface area contributed by atoms with E-state index in [4.69, 9.17) is 16.3 Å². The fraction of sp³-hybridized carbons (Fsp3) is 0.364. The first-order valence-corrected chi connectivity index (χ1v) is 13.6. The van der Waals surface area contributed by atoms with Gasteiger partial charge in [-0.1, -0.05) is 11.6 Å². The van der Waals surface area contributed by atoms with Crippen LogP contribution in [-0.2, 0) is 30.9 Å². The molecule has 1 heterocycles. The number of hydrogen-bond acceptors (Lipinski definition) is 7. The van der Waals surface area contributed by atoms with Crippen LogP contribution in [0.3, 0.4) is 0 Å². The van der Waals surface area contributed by atoms with Gasteiger partial charge in [0.05, 0.1) is 38.8 Å². The molecule has 0 N–H and O–H groups in total. The number of fused-ring (bicyclic) bond motifs is 1. The summed E-state index contributed by atoms with van der Waals surface area (Å²) in [7, 11) is -5.99. The fourth-order valence-corrected chi connectivity index (χ4v) is 8.36. The van der Waals surface area contributed by atoms with E-state index in [-0.39, 0.29) is 45.4 Å². The lowest BCUT2D eigenvalue weighted by atomic mass is 9.82. The van der Waals surface area contributed by atoms with E-state index in [0.717, 1.165) is 0 Å². The zero-order valence-corrected chi connectivity index (χ0v) is 19.6. The molecule has 0 saturated heterocycles. The lowest BCUT2D eigenvalue weighted by Crippen LogP contribution is -2.43. The van der Waals surface area contributed by atoms with Crippen LogP contribution in [0.1, 0.15) is 35.2 Å². The van der Waals surface area contributed by atoms with E-state index < -0.39 is 42.4 Å². The second kappa shape index (κ2) is 8.28. The number of ether oxygens (including phenoxy) is 1.